The van der Waals surface area contributed by atoms with Gasteiger partial charge in [-0.1, -0.05) is 18.5 Å². The molecule has 96 valence electrons. The summed E-state index contributed by atoms with van der Waals surface area (Å²) in [6.45, 7) is 1.80. The average molecular weight is 269 g/mol. The van der Waals surface area contributed by atoms with Gasteiger partial charge in [0.2, 0.25) is 5.88 Å². The fourth-order valence-corrected chi connectivity index (χ4v) is 1.50. The van der Waals surface area contributed by atoms with Crippen LogP contribution in [0.1, 0.15) is 25.3 Å². The number of nitrogens with zero attached hydrogens (tertiary/aromatic N) is 2. The van der Waals surface area contributed by atoms with Crippen LogP contribution >= 0.6 is 11.6 Å². The van der Waals surface area contributed by atoms with Crippen LogP contribution in [0.4, 0.5) is 13.2 Å². The molecule has 0 spiro atoms. The summed E-state index contributed by atoms with van der Waals surface area (Å²) in [5.74, 6) is 0.259. The number of ether oxygens (including phenoxy) is 1. The lowest BCUT2D eigenvalue weighted by atomic mass is 10.2. The largest absolute Gasteiger partial charge is 0.477 e. The molecule has 0 fully saturated rings. The Labute approximate surface area is 102 Å². The van der Waals surface area contributed by atoms with Crippen molar-refractivity contribution in [2.24, 2.45) is 0 Å². The molecule has 0 amide bonds. The molecular formula is C10H12ClF3N2O. The molecule has 0 saturated carbocycles. The molecular weight excluding hydrogens is 257 g/mol. The lowest BCUT2D eigenvalue weighted by Gasteiger charge is -2.10. The lowest BCUT2D eigenvalue weighted by molar-refractivity contribution is -0.136. The van der Waals surface area contributed by atoms with E-state index in [0.717, 1.165) is 0 Å². The maximum absolute atomic E-state index is 11.9. The van der Waals surface area contributed by atoms with Crippen LogP contribution in [0.2, 0.25) is 5.15 Å². The lowest BCUT2D eigenvalue weighted by Crippen LogP contribution is -2.10. The first-order chi connectivity index (χ1) is 7.94. The highest BCUT2D eigenvalue weighted by Crippen LogP contribution is 2.24. The summed E-state index contributed by atoms with van der Waals surface area (Å²) < 4.78 is 40.8. The van der Waals surface area contributed by atoms with Gasteiger partial charge in [-0.2, -0.15) is 13.2 Å². The SMILES string of the molecule is CCc1c(Cl)ncnc1OCCCC(F)(F)F. The Bertz CT molecular complexity index is 371. The van der Waals surface area contributed by atoms with Gasteiger partial charge in [-0.25, -0.2) is 9.97 Å². The molecule has 1 rings (SSSR count). The number of aromatic nitrogens is 2. The van der Waals surface area contributed by atoms with Crippen LogP contribution in [0.15, 0.2) is 6.33 Å². The third-order valence-electron chi connectivity index (χ3n) is 2.05. The molecule has 1 heterocycles. The van der Waals surface area contributed by atoms with Crippen molar-refractivity contribution in [2.45, 2.75) is 32.4 Å². The molecule has 0 aromatic carbocycles. The Balaban J connectivity index is 2.49. The number of hydrogen-bond donors (Lipinski definition) is 0. The predicted molar refractivity (Wildman–Crippen MR) is 57.2 cm³/mol. The van der Waals surface area contributed by atoms with Crippen LogP contribution in [0.5, 0.6) is 5.88 Å². The summed E-state index contributed by atoms with van der Waals surface area (Å²) in [5.41, 5.74) is 0.612. The first-order valence-electron chi connectivity index (χ1n) is 5.13. The van der Waals surface area contributed by atoms with Crippen LogP contribution in [-0.4, -0.2) is 22.8 Å². The number of hydrogen-bond acceptors (Lipinski definition) is 3. The number of halogens is 4. The van der Waals surface area contributed by atoms with Gasteiger partial charge in [0.15, 0.2) is 0 Å². The first-order valence-corrected chi connectivity index (χ1v) is 5.50. The molecule has 1 aromatic heterocycles. The van der Waals surface area contributed by atoms with E-state index in [1.165, 1.54) is 6.33 Å². The van der Waals surface area contributed by atoms with Gasteiger partial charge < -0.3 is 4.74 Å². The van der Waals surface area contributed by atoms with Crippen molar-refractivity contribution in [1.29, 1.82) is 0 Å². The maximum Gasteiger partial charge on any atom is 0.389 e. The molecule has 0 atom stereocenters. The quantitative estimate of drug-likeness (QED) is 0.606. The van der Waals surface area contributed by atoms with Crippen molar-refractivity contribution in [3.05, 3.63) is 17.0 Å². The monoisotopic (exact) mass is 268 g/mol. The van der Waals surface area contributed by atoms with Crippen LogP contribution in [0, 0.1) is 0 Å². The van der Waals surface area contributed by atoms with E-state index in [0.29, 0.717) is 12.0 Å². The average Bonchev–Trinajstić information content (AvgIpc) is 2.23. The Morgan fingerprint density at radius 3 is 2.65 bits per heavy atom. The van der Waals surface area contributed by atoms with Crippen LogP contribution in [0.3, 0.4) is 0 Å². The summed E-state index contributed by atoms with van der Waals surface area (Å²) in [6, 6.07) is 0. The Morgan fingerprint density at radius 1 is 1.35 bits per heavy atom. The Kier molecular flexibility index (Phi) is 4.99. The van der Waals surface area contributed by atoms with Crippen LogP contribution in [0.25, 0.3) is 0 Å². The van der Waals surface area contributed by atoms with Crippen LogP contribution < -0.4 is 4.74 Å². The smallest absolute Gasteiger partial charge is 0.389 e. The fourth-order valence-electron chi connectivity index (χ4n) is 1.24. The topological polar surface area (TPSA) is 35.0 Å². The molecule has 7 heteroatoms. The van der Waals surface area contributed by atoms with Crippen LogP contribution in [-0.2, 0) is 6.42 Å². The van der Waals surface area contributed by atoms with Gasteiger partial charge in [0.05, 0.1) is 12.2 Å². The van der Waals surface area contributed by atoms with E-state index in [-0.39, 0.29) is 24.1 Å². The van der Waals surface area contributed by atoms with Crippen molar-refractivity contribution >= 4 is 11.6 Å². The molecule has 0 bridgehead atoms. The number of alkyl halides is 3. The molecule has 0 aliphatic heterocycles. The summed E-state index contributed by atoms with van der Waals surface area (Å²) in [6.07, 6.45) is -3.34. The van der Waals surface area contributed by atoms with Gasteiger partial charge in [0.25, 0.3) is 0 Å². The van der Waals surface area contributed by atoms with E-state index in [2.05, 4.69) is 9.97 Å². The molecule has 0 N–H and O–H groups in total. The number of rotatable bonds is 5. The predicted octanol–water partition coefficient (Wildman–Crippen LogP) is 3.41. The van der Waals surface area contributed by atoms with Gasteiger partial charge in [-0.3, -0.25) is 0 Å². The van der Waals surface area contributed by atoms with Gasteiger partial charge >= 0.3 is 6.18 Å². The highest BCUT2D eigenvalue weighted by molar-refractivity contribution is 6.30. The van der Waals surface area contributed by atoms with Crippen molar-refractivity contribution in [2.75, 3.05) is 6.61 Å². The molecule has 0 unspecified atom stereocenters. The highest BCUT2D eigenvalue weighted by Gasteiger charge is 2.26. The zero-order chi connectivity index (χ0) is 12.9. The second kappa shape index (κ2) is 6.05. The normalized spacial score (nSPS) is 11.6. The van der Waals surface area contributed by atoms with E-state index < -0.39 is 12.6 Å². The van der Waals surface area contributed by atoms with E-state index >= 15 is 0 Å². The zero-order valence-electron chi connectivity index (χ0n) is 9.22. The fraction of sp³-hybridized carbons (Fsp3) is 0.600. The molecule has 3 nitrogen and oxygen atoms in total. The highest BCUT2D eigenvalue weighted by atomic mass is 35.5. The van der Waals surface area contributed by atoms with Gasteiger partial charge in [-0.05, 0) is 12.8 Å². The summed E-state index contributed by atoms with van der Waals surface area (Å²) in [7, 11) is 0. The minimum Gasteiger partial charge on any atom is -0.477 e. The van der Waals surface area contributed by atoms with Gasteiger partial charge in [-0.15, -0.1) is 0 Å². The molecule has 0 aliphatic carbocycles. The molecule has 0 saturated heterocycles. The van der Waals surface area contributed by atoms with Gasteiger partial charge in [0.1, 0.15) is 11.5 Å². The zero-order valence-corrected chi connectivity index (χ0v) is 9.98. The third-order valence-corrected chi connectivity index (χ3v) is 2.38. The molecule has 0 radical (unpaired) electrons. The van der Waals surface area contributed by atoms with E-state index in [4.69, 9.17) is 16.3 Å². The van der Waals surface area contributed by atoms with E-state index in [9.17, 15) is 13.2 Å². The second-order valence-electron chi connectivity index (χ2n) is 3.37. The van der Waals surface area contributed by atoms with Crippen molar-refractivity contribution in [3.63, 3.8) is 0 Å². The van der Waals surface area contributed by atoms with Crippen molar-refractivity contribution in [3.8, 4) is 5.88 Å². The summed E-state index contributed by atoms with van der Waals surface area (Å²) >= 11 is 5.80. The minimum absolute atomic E-state index is 0.0418. The molecule has 1 aromatic rings. The molecule has 17 heavy (non-hydrogen) atoms. The minimum atomic E-state index is -4.15. The Morgan fingerprint density at radius 2 is 2.06 bits per heavy atom. The van der Waals surface area contributed by atoms with Crippen molar-refractivity contribution < 1.29 is 17.9 Å². The Hall–Kier alpha value is -1.04. The standard InChI is InChI=1S/C10H12ClF3N2O/c1-2-7-8(11)15-6-16-9(7)17-5-3-4-10(12,13)14/h6H,2-5H2,1H3. The molecule has 0 aliphatic rings. The maximum atomic E-state index is 11.9. The third kappa shape index (κ3) is 4.77. The summed E-state index contributed by atoms with van der Waals surface area (Å²) in [5, 5.41) is 0.272. The van der Waals surface area contributed by atoms with Gasteiger partial charge in [0, 0.05) is 6.42 Å². The second-order valence-corrected chi connectivity index (χ2v) is 3.73. The van der Waals surface area contributed by atoms with E-state index in [1.54, 1.807) is 0 Å². The van der Waals surface area contributed by atoms with Crippen molar-refractivity contribution in [1.82, 2.24) is 9.97 Å². The first kappa shape index (κ1) is 14.0. The summed E-state index contributed by atoms with van der Waals surface area (Å²) in [4.78, 5) is 7.62. The van der Waals surface area contributed by atoms with E-state index in [1.807, 2.05) is 6.92 Å².